The van der Waals surface area contributed by atoms with E-state index in [1.165, 1.54) is 69.8 Å². The summed E-state index contributed by atoms with van der Waals surface area (Å²) in [4.78, 5) is 42.7. The molecule has 1 aliphatic carbocycles. The molecule has 0 saturated heterocycles. The van der Waals surface area contributed by atoms with E-state index < -0.39 is 28.9 Å². The van der Waals surface area contributed by atoms with Gasteiger partial charge in [-0.2, -0.15) is 0 Å². The molecule has 8 nitrogen and oxygen atoms in total. The van der Waals surface area contributed by atoms with Crippen molar-refractivity contribution >= 4 is 23.9 Å². The normalized spacial score (nSPS) is 14.1. The standard InChI is InChI=1S/C34H55N3O5/c1-8-9-10-11-12-13-14-15-16-17-18-26-19-21-27(22-20-26)25-28(38)34(23-24-34)37-29(35-30(39)41-32(2,3)4)36-31(40)42-33(5,6)7/h19-22H,8-18,23-25H2,1-7H3,(H2,35,36,37,39,40). The fourth-order valence-corrected chi connectivity index (χ4v) is 4.66. The predicted octanol–water partition coefficient (Wildman–Crippen LogP) is 8.20. The summed E-state index contributed by atoms with van der Waals surface area (Å²) in [6, 6.07) is 8.25. The molecule has 1 aromatic rings. The lowest BCUT2D eigenvalue weighted by atomic mass is 9.99. The Labute approximate surface area is 253 Å². The van der Waals surface area contributed by atoms with Gasteiger partial charge in [-0.05, 0) is 78.4 Å². The average molecular weight is 586 g/mol. The van der Waals surface area contributed by atoms with Crippen molar-refractivity contribution in [2.45, 2.75) is 155 Å². The van der Waals surface area contributed by atoms with Crippen molar-refractivity contribution in [1.82, 2.24) is 10.6 Å². The Balaban J connectivity index is 1.90. The van der Waals surface area contributed by atoms with Crippen molar-refractivity contribution in [1.29, 1.82) is 0 Å². The number of aliphatic imine (C=N–C) groups is 1. The van der Waals surface area contributed by atoms with Gasteiger partial charge in [-0.25, -0.2) is 14.6 Å². The number of aryl methyl sites for hydroxylation is 1. The summed E-state index contributed by atoms with van der Waals surface area (Å²) < 4.78 is 10.6. The number of nitrogens with one attached hydrogen (secondary N) is 2. The number of ketones is 1. The molecule has 1 saturated carbocycles. The van der Waals surface area contributed by atoms with Gasteiger partial charge >= 0.3 is 12.2 Å². The van der Waals surface area contributed by atoms with Crippen LogP contribution in [0.3, 0.4) is 0 Å². The first-order valence-corrected chi connectivity index (χ1v) is 15.9. The van der Waals surface area contributed by atoms with Crippen LogP contribution in [0.4, 0.5) is 9.59 Å². The van der Waals surface area contributed by atoms with Crippen molar-refractivity contribution < 1.29 is 23.9 Å². The van der Waals surface area contributed by atoms with E-state index in [9.17, 15) is 14.4 Å². The maximum Gasteiger partial charge on any atom is 0.414 e. The van der Waals surface area contributed by atoms with Crippen LogP contribution in [0.15, 0.2) is 29.3 Å². The largest absolute Gasteiger partial charge is 0.444 e. The average Bonchev–Trinajstić information content (AvgIpc) is 3.64. The molecule has 236 valence electrons. The monoisotopic (exact) mass is 585 g/mol. The minimum absolute atomic E-state index is 0.0561. The molecule has 42 heavy (non-hydrogen) atoms. The van der Waals surface area contributed by atoms with Crippen LogP contribution in [-0.4, -0.2) is 40.7 Å². The van der Waals surface area contributed by atoms with E-state index in [4.69, 9.17) is 9.47 Å². The molecule has 1 aliphatic rings. The van der Waals surface area contributed by atoms with E-state index in [0.29, 0.717) is 12.8 Å². The molecule has 0 spiro atoms. The molecule has 0 unspecified atom stereocenters. The minimum Gasteiger partial charge on any atom is -0.444 e. The van der Waals surface area contributed by atoms with Crippen LogP contribution in [0.25, 0.3) is 0 Å². The first-order valence-electron chi connectivity index (χ1n) is 15.9. The van der Waals surface area contributed by atoms with E-state index in [1.807, 2.05) is 12.1 Å². The van der Waals surface area contributed by atoms with Crippen LogP contribution in [0.2, 0.25) is 0 Å². The van der Waals surface area contributed by atoms with E-state index in [-0.39, 0.29) is 18.2 Å². The summed E-state index contributed by atoms with van der Waals surface area (Å²) in [7, 11) is 0. The summed E-state index contributed by atoms with van der Waals surface area (Å²) >= 11 is 0. The van der Waals surface area contributed by atoms with E-state index >= 15 is 0 Å². The van der Waals surface area contributed by atoms with Crippen molar-refractivity contribution in [3.63, 3.8) is 0 Å². The number of Topliss-reactive ketones (excluding diaryl/α,β-unsaturated/α-hetero) is 1. The van der Waals surface area contributed by atoms with E-state index in [0.717, 1.165) is 12.0 Å². The molecular formula is C34H55N3O5. The third-order valence-electron chi connectivity index (χ3n) is 7.01. The van der Waals surface area contributed by atoms with Gasteiger partial charge in [-0.3, -0.25) is 15.4 Å². The number of carbonyl (C=O) groups is 3. The Morgan fingerprint density at radius 2 is 1.14 bits per heavy atom. The summed E-state index contributed by atoms with van der Waals surface area (Å²) in [6.45, 7) is 12.7. The molecule has 0 atom stereocenters. The topological polar surface area (TPSA) is 106 Å². The Hall–Kier alpha value is -2.90. The lowest BCUT2D eigenvalue weighted by Crippen LogP contribution is -2.48. The molecule has 1 fully saturated rings. The van der Waals surface area contributed by atoms with Gasteiger partial charge < -0.3 is 9.47 Å². The van der Waals surface area contributed by atoms with Gasteiger partial charge in [0.05, 0.1) is 0 Å². The molecule has 1 aromatic carbocycles. The number of hydrogen-bond acceptors (Lipinski definition) is 6. The zero-order valence-electron chi connectivity index (χ0n) is 27.2. The zero-order chi connectivity index (χ0) is 31.2. The van der Waals surface area contributed by atoms with Gasteiger partial charge in [0, 0.05) is 6.42 Å². The van der Waals surface area contributed by atoms with Gasteiger partial charge in [0.25, 0.3) is 0 Å². The van der Waals surface area contributed by atoms with Gasteiger partial charge in [0.2, 0.25) is 5.96 Å². The second-order valence-electron chi connectivity index (χ2n) is 13.6. The Kier molecular flexibility index (Phi) is 14.0. The molecule has 0 aromatic heterocycles. The molecule has 0 aliphatic heterocycles. The smallest absolute Gasteiger partial charge is 0.414 e. The Bertz CT molecular complexity index is 999. The number of nitrogens with zero attached hydrogens (tertiary/aromatic N) is 1. The van der Waals surface area contributed by atoms with Crippen LogP contribution < -0.4 is 10.6 Å². The van der Waals surface area contributed by atoms with Gasteiger partial charge in [-0.1, -0.05) is 89.0 Å². The Morgan fingerprint density at radius 3 is 1.57 bits per heavy atom. The second-order valence-corrected chi connectivity index (χ2v) is 13.6. The number of carbonyl (C=O) groups excluding carboxylic acids is 3. The number of ether oxygens (including phenoxy) is 2. The first-order chi connectivity index (χ1) is 19.7. The third kappa shape index (κ3) is 14.8. The number of guanidine groups is 1. The van der Waals surface area contributed by atoms with Crippen LogP contribution in [0, 0.1) is 0 Å². The number of hydrogen-bond donors (Lipinski definition) is 2. The van der Waals surface area contributed by atoms with Crippen molar-refractivity contribution in [2.24, 2.45) is 4.99 Å². The van der Waals surface area contributed by atoms with Crippen molar-refractivity contribution in [2.75, 3.05) is 0 Å². The number of amides is 2. The molecular weight excluding hydrogens is 530 g/mol. The van der Waals surface area contributed by atoms with Crippen LogP contribution in [-0.2, 0) is 27.1 Å². The predicted molar refractivity (Wildman–Crippen MR) is 169 cm³/mol. The minimum atomic E-state index is -0.992. The number of benzene rings is 1. The summed E-state index contributed by atoms with van der Waals surface area (Å²) in [6.07, 6.45) is 14.0. The highest BCUT2D eigenvalue weighted by Crippen LogP contribution is 2.41. The number of alkyl carbamates (subject to hydrolysis) is 2. The molecule has 2 N–H and O–H groups in total. The summed E-state index contributed by atoms with van der Waals surface area (Å²) in [5.74, 6) is -0.212. The second kappa shape index (κ2) is 16.7. The maximum atomic E-state index is 13.3. The van der Waals surface area contributed by atoms with E-state index in [2.05, 4.69) is 34.7 Å². The molecule has 0 radical (unpaired) electrons. The third-order valence-corrected chi connectivity index (χ3v) is 7.01. The SMILES string of the molecule is CCCCCCCCCCCCc1ccc(CC(=O)C2(N=C(NC(=O)OC(C)(C)C)NC(=O)OC(C)(C)C)CC2)cc1. The van der Waals surface area contributed by atoms with Crippen molar-refractivity contribution in [3.8, 4) is 0 Å². The van der Waals surface area contributed by atoms with Gasteiger partial charge in [0.1, 0.15) is 16.7 Å². The zero-order valence-corrected chi connectivity index (χ0v) is 27.2. The van der Waals surface area contributed by atoms with Crippen LogP contribution in [0.1, 0.15) is 137 Å². The van der Waals surface area contributed by atoms with Crippen LogP contribution in [0.5, 0.6) is 0 Å². The summed E-state index contributed by atoms with van der Waals surface area (Å²) in [5.41, 5.74) is -0.263. The summed E-state index contributed by atoms with van der Waals surface area (Å²) in [5, 5.41) is 4.97. The molecule has 0 bridgehead atoms. The quantitative estimate of drug-likeness (QED) is 0.123. The number of unbranched alkanes of at least 4 members (excludes halogenated alkanes) is 9. The number of rotatable bonds is 15. The molecule has 8 heteroatoms. The lowest BCUT2D eigenvalue weighted by Gasteiger charge is -2.22. The van der Waals surface area contributed by atoms with Gasteiger partial charge in [0.15, 0.2) is 5.78 Å². The van der Waals surface area contributed by atoms with Crippen LogP contribution >= 0.6 is 0 Å². The Morgan fingerprint density at radius 1 is 0.714 bits per heavy atom. The van der Waals surface area contributed by atoms with E-state index in [1.54, 1.807) is 41.5 Å². The molecule has 0 heterocycles. The van der Waals surface area contributed by atoms with Crippen molar-refractivity contribution in [3.05, 3.63) is 35.4 Å². The highest BCUT2D eigenvalue weighted by molar-refractivity contribution is 6.04. The fourth-order valence-electron chi connectivity index (χ4n) is 4.66. The lowest BCUT2D eigenvalue weighted by molar-refractivity contribution is -0.120. The first kappa shape index (κ1) is 35.3. The molecule has 2 rings (SSSR count). The van der Waals surface area contributed by atoms with Gasteiger partial charge in [-0.15, -0.1) is 0 Å². The highest BCUT2D eigenvalue weighted by atomic mass is 16.6. The molecule has 2 amide bonds. The maximum absolute atomic E-state index is 13.3. The fraction of sp³-hybridized carbons (Fsp3) is 0.706. The highest BCUT2D eigenvalue weighted by Gasteiger charge is 2.50.